The molecule has 0 atom stereocenters. The molecule has 0 unspecified atom stereocenters. The maximum Gasteiger partial charge on any atom is 0.200 e. The molecule has 5 heteroatoms. The highest BCUT2D eigenvalue weighted by atomic mass is 19.2. The Balaban J connectivity index is 2.12. The van der Waals surface area contributed by atoms with E-state index in [9.17, 15) is 17.6 Å². The van der Waals surface area contributed by atoms with Gasteiger partial charge in [0.1, 0.15) is 0 Å². The summed E-state index contributed by atoms with van der Waals surface area (Å²) in [5.74, 6) is -4.19. The van der Waals surface area contributed by atoms with Crippen LogP contribution < -0.4 is 0 Å². The lowest BCUT2D eigenvalue weighted by molar-refractivity contribution is 0.224. The van der Waals surface area contributed by atoms with E-state index in [-0.39, 0.29) is 17.9 Å². The van der Waals surface area contributed by atoms with Crippen LogP contribution in [0.25, 0.3) is 11.1 Å². The average molecular weight is 483 g/mol. The van der Waals surface area contributed by atoms with E-state index < -0.39 is 23.3 Å². The Morgan fingerprint density at radius 3 is 2.14 bits per heavy atom. The molecule has 0 radical (unpaired) electrons. The highest BCUT2D eigenvalue weighted by molar-refractivity contribution is 5.80. The van der Waals surface area contributed by atoms with Gasteiger partial charge < -0.3 is 4.74 Å². The second kappa shape index (κ2) is 13.3. The van der Waals surface area contributed by atoms with Gasteiger partial charge >= 0.3 is 0 Å². The summed E-state index contributed by atoms with van der Waals surface area (Å²) in [5.41, 5.74) is 3.44. The minimum atomic E-state index is -1.13. The first-order valence-corrected chi connectivity index (χ1v) is 11.3. The number of benzene rings is 2. The van der Waals surface area contributed by atoms with Crippen molar-refractivity contribution in [3.05, 3.63) is 131 Å². The van der Waals surface area contributed by atoms with Gasteiger partial charge in [0, 0.05) is 5.57 Å². The van der Waals surface area contributed by atoms with Crippen molar-refractivity contribution in [2.75, 3.05) is 6.61 Å². The third-order valence-corrected chi connectivity index (χ3v) is 5.37. The lowest BCUT2D eigenvalue weighted by atomic mass is 9.98. The molecule has 0 bridgehead atoms. The van der Waals surface area contributed by atoms with Crippen LogP contribution in [0.1, 0.15) is 43.9 Å². The Morgan fingerprint density at radius 2 is 1.54 bits per heavy atom. The van der Waals surface area contributed by atoms with E-state index in [1.165, 1.54) is 12.1 Å². The number of hydrogen-bond donors (Lipinski definition) is 0. The molecule has 0 fully saturated rings. The third-order valence-electron chi connectivity index (χ3n) is 5.37. The standard InChI is InChI=1S/C30H30F4O/c1-6-22(14-12-20(4)13-15-25-10-9-11-27(31)29(25)33)23-16-18-24(19-17-23)26(7-2)30(34)28(32)21(5)35-8-3/h6-7,9-12,14,16-19H,4-5,8,13,15H2,1-3H3/b14-12-,22-6+,26-7-,30-28-. The normalized spacial score (nSPS) is 13.1. The van der Waals surface area contributed by atoms with E-state index in [4.69, 9.17) is 4.74 Å². The van der Waals surface area contributed by atoms with Crippen molar-refractivity contribution in [2.24, 2.45) is 0 Å². The van der Waals surface area contributed by atoms with Gasteiger partial charge in [-0.2, -0.15) is 4.39 Å². The van der Waals surface area contributed by atoms with Gasteiger partial charge in [-0.15, -0.1) is 0 Å². The predicted octanol–water partition coefficient (Wildman–Crippen LogP) is 9.22. The summed E-state index contributed by atoms with van der Waals surface area (Å²) in [5, 5.41) is 0. The Hall–Kier alpha value is -3.60. The molecule has 1 nitrogen and oxygen atoms in total. The zero-order valence-electron chi connectivity index (χ0n) is 20.3. The molecule has 0 aliphatic rings. The summed E-state index contributed by atoms with van der Waals surface area (Å²) >= 11 is 0. The van der Waals surface area contributed by atoms with E-state index in [1.54, 1.807) is 32.0 Å². The molecule has 0 aromatic heterocycles. The van der Waals surface area contributed by atoms with E-state index in [0.29, 0.717) is 24.0 Å². The van der Waals surface area contributed by atoms with Crippen LogP contribution in [-0.2, 0) is 11.2 Å². The van der Waals surface area contributed by atoms with Gasteiger partial charge in [-0.1, -0.05) is 79.4 Å². The lowest BCUT2D eigenvalue weighted by Crippen LogP contribution is -1.95. The molecule has 0 N–H and O–H groups in total. The van der Waals surface area contributed by atoms with Gasteiger partial charge in [0.25, 0.3) is 0 Å². The fourth-order valence-electron chi connectivity index (χ4n) is 3.43. The second-order valence-electron chi connectivity index (χ2n) is 7.71. The largest absolute Gasteiger partial charge is 0.491 e. The maximum absolute atomic E-state index is 14.7. The van der Waals surface area contributed by atoms with Gasteiger partial charge in [0.05, 0.1) is 6.61 Å². The summed E-state index contributed by atoms with van der Waals surface area (Å²) in [7, 11) is 0. The van der Waals surface area contributed by atoms with E-state index >= 15 is 0 Å². The molecule has 0 aliphatic heterocycles. The SMILES string of the molecule is C=C(/C=C\C(=C/C)c1ccc(C(=C/C)/C(F)=C(/F)C(=C)OCC)cc1)CCc1cccc(F)c1F. The second-order valence-corrected chi connectivity index (χ2v) is 7.71. The van der Waals surface area contributed by atoms with E-state index in [0.717, 1.165) is 22.8 Å². The van der Waals surface area contributed by atoms with Crippen LogP contribution in [0.4, 0.5) is 17.6 Å². The summed E-state index contributed by atoms with van der Waals surface area (Å²) in [6, 6.07) is 11.2. The number of aryl methyl sites for hydroxylation is 1. The van der Waals surface area contributed by atoms with Crippen LogP contribution in [0.5, 0.6) is 0 Å². The van der Waals surface area contributed by atoms with Gasteiger partial charge in [-0.05, 0) is 61.9 Å². The summed E-state index contributed by atoms with van der Waals surface area (Å²) in [6.07, 6.45) is 7.92. The third kappa shape index (κ3) is 7.44. The summed E-state index contributed by atoms with van der Waals surface area (Å²) in [4.78, 5) is 0. The highest BCUT2D eigenvalue weighted by Crippen LogP contribution is 2.31. The quantitative estimate of drug-likeness (QED) is 0.176. The molecule has 0 amide bonds. The molecule has 0 saturated heterocycles. The predicted molar refractivity (Wildman–Crippen MR) is 137 cm³/mol. The molecule has 0 heterocycles. The smallest absolute Gasteiger partial charge is 0.200 e. The zero-order chi connectivity index (χ0) is 26.0. The first-order chi connectivity index (χ1) is 16.7. The van der Waals surface area contributed by atoms with Crippen molar-refractivity contribution in [1.82, 2.24) is 0 Å². The molecule has 2 rings (SSSR count). The molecular weight excluding hydrogens is 452 g/mol. The monoisotopic (exact) mass is 482 g/mol. The van der Waals surface area contributed by atoms with Crippen LogP contribution in [0, 0.1) is 11.6 Å². The van der Waals surface area contributed by atoms with Crippen molar-refractivity contribution in [3.8, 4) is 0 Å². The van der Waals surface area contributed by atoms with Gasteiger partial charge in [0.15, 0.2) is 23.2 Å². The van der Waals surface area contributed by atoms with Crippen molar-refractivity contribution in [2.45, 2.75) is 33.6 Å². The van der Waals surface area contributed by atoms with Crippen LogP contribution in [-0.4, -0.2) is 6.61 Å². The van der Waals surface area contributed by atoms with Crippen LogP contribution in [0.2, 0.25) is 0 Å². The fraction of sp³-hybridized carbons (Fsp3) is 0.200. The molecule has 0 saturated carbocycles. The molecule has 2 aromatic rings. The number of ether oxygens (including phenoxy) is 1. The van der Waals surface area contributed by atoms with Crippen molar-refractivity contribution >= 4 is 11.1 Å². The number of hydrogen-bond acceptors (Lipinski definition) is 1. The zero-order valence-corrected chi connectivity index (χ0v) is 20.3. The molecular formula is C30H30F4O. The topological polar surface area (TPSA) is 9.23 Å². The highest BCUT2D eigenvalue weighted by Gasteiger charge is 2.17. The number of halogens is 4. The van der Waals surface area contributed by atoms with Gasteiger partial charge in [-0.3, -0.25) is 0 Å². The minimum absolute atomic E-state index is 0.102. The minimum Gasteiger partial charge on any atom is -0.491 e. The lowest BCUT2D eigenvalue weighted by Gasteiger charge is -2.10. The van der Waals surface area contributed by atoms with E-state index in [1.807, 2.05) is 37.3 Å². The Labute approximate surface area is 205 Å². The van der Waals surface area contributed by atoms with E-state index in [2.05, 4.69) is 13.2 Å². The van der Waals surface area contributed by atoms with Crippen LogP contribution in [0.3, 0.4) is 0 Å². The summed E-state index contributed by atoms with van der Waals surface area (Å²) in [6.45, 7) is 12.8. The molecule has 0 aliphatic carbocycles. The average Bonchev–Trinajstić information content (AvgIpc) is 2.86. The maximum atomic E-state index is 14.7. The van der Waals surface area contributed by atoms with Crippen molar-refractivity contribution < 1.29 is 22.3 Å². The fourth-order valence-corrected chi connectivity index (χ4v) is 3.43. The number of allylic oxidation sites excluding steroid dienone is 9. The van der Waals surface area contributed by atoms with Crippen LogP contribution in [0.15, 0.2) is 103 Å². The van der Waals surface area contributed by atoms with Gasteiger partial charge in [0.2, 0.25) is 5.83 Å². The molecule has 35 heavy (non-hydrogen) atoms. The van der Waals surface area contributed by atoms with Crippen LogP contribution >= 0.6 is 0 Å². The first kappa shape index (κ1) is 27.6. The molecule has 0 spiro atoms. The summed E-state index contributed by atoms with van der Waals surface area (Å²) < 4.78 is 61.2. The van der Waals surface area contributed by atoms with Crippen molar-refractivity contribution in [1.29, 1.82) is 0 Å². The number of rotatable bonds is 11. The molecule has 2 aromatic carbocycles. The first-order valence-electron chi connectivity index (χ1n) is 11.3. The Bertz CT molecular complexity index is 1180. The molecule has 184 valence electrons. The van der Waals surface area contributed by atoms with Crippen molar-refractivity contribution in [3.63, 3.8) is 0 Å². The Kier molecular flexibility index (Phi) is 10.5. The Morgan fingerprint density at radius 1 is 0.886 bits per heavy atom. The van der Waals surface area contributed by atoms with Gasteiger partial charge in [-0.25, -0.2) is 13.2 Å².